The number of hydrogen-bond donors (Lipinski definition) is 0. The van der Waals surface area contributed by atoms with Crippen LogP contribution in [0.3, 0.4) is 0 Å². The highest BCUT2D eigenvalue weighted by Gasteiger charge is 2.42. The number of fused-ring (bicyclic) bond motifs is 2. The van der Waals surface area contributed by atoms with E-state index in [1.807, 2.05) is 0 Å². The zero-order valence-electron chi connectivity index (χ0n) is 7.94. The van der Waals surface area contributed by atoms with Gasteiger partial charge in [-0.2, -0.15) is 0 Å². The molecule has 0 aromatic rings. The Balaban J connectivity index is 1.71. The monoisotopic (exact) mass is 177 g/mol. The zero-order valence-corrected chi connectivity index (χ0v) is 7.94. The molecule has 0 aromatic heterocycles. The van der Waals surface area contributed by atoms with Crippen molar-refractivity contribution in [1.29, 1.82) is 0 Å². The molecule has 70 valence electrons. The number of rotatable bonds is 1. The van der Waals surface area contributed by atoms with Gasteiger partial charge in [0.05, 0.1) is 5.71 Å². The van der Waals surface area contributed by atoms with E-state index in [4.69, 9.17) is 4.84 Å². The average Bonchev–Trinajstić information content (AvgIpc) is 2.77. The fourth-order valence-corrected chi connectivity index (χ4v) is 3.00. The summed E-state index contributed by atoms with van der Waals surface area (Å²) in [6.07, 6.45) is 8.90. The van der Waals surface area contributed by atoms with Gasteiger partial charge in [-0.25, -0.2) is 0 Å². The topological polar surface area (TPSA) is 21.6 Å². The summed E-state index contributed by atoms with van der Waals surface area (Å²) >= 11 is 0. The van der Waals surface area contributed by atoms with E-state index in [0.29, 0.717) is 6.10 Å². The van der Waals surface area contributed by atoms with Crippen LogP contribution in [0.1, 0.15) is 26.2 Å². The van der Waals surface area contributed by atoms with Crippen molar-refractivity contribution in [2.75, 3.05) is 0 Å². The number of hydrogen-bond acceptors (Lipinski definition) is 2. The van der Waals surface area contributed by atoms with E-state index in [9.17, 15) is 0 Å². The first kappa shape index (κ1) is 7.60. The third kappa shape index (κ3) is 1.11. The Labute approximate surface area is 78.6 Å². The van der Waals surface area contributed by atoms with Crippen LogP contribution in [0, 0.1) is 17.8 Å². The average molecular weight is 177 g/mol. The number of nitrogens with zero attached hydrogens (tertiary/aromatic N) is 1. The fourth-order valence-electron chi connectivity index (χ4n) is 3.00. The van der Waals surface area contributed by atoms with Crippen LogP contribution in [0.2, 0.25) is 0 Å². The van der Waals surface area contributed by atoms with Gasteiger partial charge in [0.1, 0.15) is 6.10 Å². The summed E-state index contributed by atoms with van der Waals surface area (Å²) in [5.41, 5.74) is 1.16. The second-order valence-corrected chi connectivity index (χ2v) is 4.62. The molecular weight excluding hydrogens is 162 g/mol. The zero-order chi connectivity index (χ0) is 8.84. The summed E-state index contributed by atoms with van der Waals surface area (Å²) in [4.78, 5) is 5.46. The van der Waals surface area contributed by atoms with Crippen molar-refractivity contribution < 1.29 is 4.84 Å². The summed E-state index contributed by atoms with van der Waals surface area (Å²) < 4.78 is 0. The molecule has 2 nitrogen and oxygen atoms in total. The van der Waals surface area contributed by atoms with Crippen LogP contribution < -0.4 is 0 Å². The van der Waals surface area contributed by atoms with E-state index in [0.717, 1.165) is 29.9 Å². The molecule has 1 saturated carbocycles. The molecule has 3 rings (SSSR count). The van der Waals surface area contributed by atoms with Gasteiger partial charge >= 0.3 is 0 Å². The summed E-state index contributed by atoms with van der Waals surface area (Å²) in [6.45, 7) is 2.06. The summed E-state index contributed by atoms with van der Waals surface area (Å²) in [6, 6.07) is 0. The molecular formula is C11H15NO. The third-order valence-electron chi connectivity index (χ3n) is 3.65. The molecule has 13 heavy (non-hydrogen) atoms. The minimum absolute atomic E-state index is 0.389. The standard InChI is InChI=1S/C11H15NO/c1-7-4-11(13-12-7)10-6-8-2-3-9(10)5-8/h2-3,8-11H,4-6H2,1H3. The first-order chi connectivity index (χ1) is 6.33. The molecule has 0 radical (unpaired) electrons. The van der Waals surface area contributed by atoms with Gasteiger partial charge in [0.25, 0.3) is 0 Å². The van der Waals surface area contributed by atoms with Gasteiger partial charge in [0.2, 0.25) is 0 Å². The predicted molar refractivity (Wildman–Crippen MR) is 51.4 cm³/mol. The van der Waals surface area contributed by atoms with E-state index < -0.39 is 0 Å². The highest BCUT2D eigenvalue weighted by molar-refractivity contribution is 5.82. The van der Waals surface area contributed by atoms with E-state index >= 15 is 0 Å². The Hall–Kier alpha value is -0.790. The molecule has 0 N–H and O–H groups in total. The Bertz CT molecular complexity index is 282. The number of oxime groups is 1. The van der Waals surface area contributed by atoms with Crippen molar-refractivity contribution in [1.82, 2.24) is 0 Å². The van der Waals surface area contributed by atoms with Crippen molar-refractivity contribution in [3.8, 4) is 0 Å². The molecule has 0 spiro atoms. The van der Waals surface area contributed by atoms with Crippen molar-refractivity contribution in [2.24, 2.45) is 22.9 Å². The summed E-state index contributed by atoms with van der Waals surface area (Å²) in [5, 5.41) is 4.04. The Morgan fingerprint density at radius 1 is 1.38 bits per heavy atom. The van der Waals surface area contributed by atoms with Crippen LogP contribution in [0.4, 0.5) is 0 Å². The van der Waals surface area contributed by atoms with Gasteiger partial charge in [0, 0.05) is 12.3 Å². The maximum atomic E-state index is 5.46. The van der Waals surface area contributed by atoms with Gasteiger partial charge in [-0.15, -0.1) is 0 Å². The van der Waals surface area contributed by atoms with Crippen LogP contribution in [-0.4, -0.2) is 11.8 Å². The molecule has 0 saturated heterocycles. The lowest BCUT2D eigenvalue weighted by Crippen LogP contribution is -2.24. The molecule has 1 fully saturated rings. The quantitative estimate of drug-likeness (QED) is 0.563. The normalized spacial score (nSPS) is 46.7. The van der Waals surface area contributed by atoms with E-state index in [1.54, 1.807) is 0 Å². The molecule has 3 aliphatic rings. The smallest absolute Gasteiger partial charge is 0.136 e. The van der Waals surface area contributed by atoms with Crippen molar-refractivity contribution >= 4 is 5.71 Å². The second kappa shape index (κ2) is 2.60. The van der Waals surface area contributed by atoms with Crippen LogP contribution in [-0.2, 0) is 4.84 Å². The van der Waals surface area contributed by atoms with Gasteiger partial charge in [-0.05, 0) is 31.6 Å². The fraction of sp³-hybridized carbons (Fsp3) is 0.727. The van der Waals surface area contributed by atoms with E-state index in [2.05, 4.69) is 24.2 Å². The molecule has 0 amide bonds. The molecule has 2 heteroatoms. The summed E-state index contributed by atoms with van der Waals surface area (Å²) in [5.74, 6) is 2.38. The molecule has 2 aliphatic carbocycles. The first-order valence-corrected chi connectivity index (χ1v) is 5.20. The maximum absolute atomic E-state index is 5.46. The van der Waals surface area contributed by atoms with Crippen LogP contribution >= 0.6 is 0 Å². The molecule has 2 bridgehead atoms. The lowest BCUT2D eigenvalue weighted by Gasteiger charge is -2.22. The summed E-state index contributed by atoms with van der Waals surface area (Å²) in [7, 11) is 0. The van der Waals surface area contributed by atoms with Crippen molar-refractivity contribution in [3.05, 3.63) is 12.2 Å². The van der Waals surface area contributed by atoms with Gasteiger partial charge in [-0.1, -0.05) is 17.3 Å². The molecule has 4 atom stereocenters. The van der Waals surface area contributed by atoms with Crippen molar-refractivity contribution in [3.63, 3.8) is 0 Å². The Morgan fingerprint density at radius 3 is 2.85 bits per heavy atom. The highest BCUT2D eigenvalue weighted by Crippen LogP contribution is 2.46. The first-order valence-electron chi connectivity index (χ1n) is 5.20. The SMILES string of the molecule is CC1=NOC(C2CC3C=CC2C3)C1. The van der Waals surface area contributed by atoms with Gasteiger partial charge in [0.15, 0.2) is 0 Å². The minimum Gasteiger partial charge on any atom is -0.392 e. The molecule has 1 aliphatic heterocycles. The predicted octanol–water partition coefficient (Wildman–Crippen LogP) is 2.36. The van der Waals surface area contributed by atoms with E-state index in [1.165, 1.54) is 12.8 Å². The largest absolute Gasteiger partial charge is 0.392 e. The second-order valence-electron chi connectivity index (χ2n) is 4.62. The van der Waals surface area contributed by atoms with Crippen LogP contribution in [0.15, 0.2) is 17.3 Å². The van der Waals surface area contributed by atoms with Crippen molar-refractivity contribution in [2.45, 2.75) is 32.3 Å². The van der Waals surface area contributed by atoms with Crippen LogP contribution in [0.25, 0.3) is 0 Å². The third-order valence-corrected chi connectivity index (χ3v) is 3.65. The lowest BCUT2D eigenvalue weighted by atomic mass is 9.86. The Kier molecular flexibility index (Phi) is 1.52. The van der Waals surface area contributed by atoms with Gasteiger partial charge in [-0.3, -0.25) is 0 Å². The maximum Gasteiger partial charge on any atom is 0.136 e. The number of allylic oxidation sites excluding steroid dienone is 2. The van der Waals surface area contributed by atoms with Crippen LogP contribution in [0.5, 0.6) is 0 Å². The van der Waals surface area contributed by atoms with E-state index in [-0.39, 0.29) is 0 Å². The molecule has 0 aromatic carbocycles. The lowest BCUT2D eigenvalue weighted by molar-refractivity contribution is 0.0313. The minimum atomic E-state index is 0.389. The highest BCUT2D eigenvalue weighted by atomic mass is 16.6. The van der Waals surface area contributed by atoms with Gasteiger partial charge < -0.3 is 4.84 Å². The Morgan fingerprint density at radius 2 is 2.31 bits per heavy atom. The molecule has 4 unspecified atom stereocenters. The molecule has 1 heterocycles.